The Labute approximate surface area is 149 Å². The summed E-state index contributed by atoms with van der Waals surface area (Å²) < 4.78 is 13.4. The number of rotatable bonds is 2. The smallest absolute Gasteiger partial charge is 0.162 e. The molecule has 1 heterocycles. The average Bonchev–Trinajstić information content (AvgIpc) is 2.48. The van der Waals surface area contributed by atoms with Crippen LogP contribution in [-0.2, 0) is 0 Å². The van der Waals surface area contributed by atoms with Gasteiger partial charge in [-0.2, -0.15) is 0 Å². The Morgan fingerprint density at radius 1 is 1.00 bits per heavy atom. The van der Waals surface area contributed by atoms with Crippen LogP contribution in [0.4, 0.5) is 0 Å². The molecule has 5 heteroatoms. The normalized spacial score (nSPS) is 14.9. The van der Waals surface area contributed by atoms with Crippen molar-refractivity contribution < 1.29 is 9.47 Å². The SMILES string of the molecule is Cc1cccc(C(Br)c2cc3c(cc2Br)OCCO3)c1Br. The van der Waals surface area contributed by atoms with Crippen molar-refractivity contribution >= 4 is 47.8 Å². The van der Waals surface area contributed by atoms with Crippen LogP contribution in [0.2, 0.25) is 0 Å². The van der Waals surface area contributed by atoms with Gasteiger partial charge in [0.25, 0.3) is 0 Å². The maximum Gasteiger partial charge on any atom is 0.162 e. The van der Waals surface area contributed by atoms with Crippen molar-refractivity contribution in [2.24, 2.45) is 0 Å². The molecule has 0 N–H and O–H groups in total. The van der Waals surface area contributed by atoms with Gasteiger partial charge in [-0.05, 0) is 35.7 Å². The third-order valence-corrected chi connectivity index (χ3v) is 6.19. The first-order valence-corrected chi connectivity index (χ1v) is 9.06. The van der Waals surface area contributed by atoms with Gasteiger partial charge in [-0.1, -0.05) is 66.0 Å². The summed E-state index contributed by atoms with van der Waals surface area (Å²) in [6.07, 6.45) is 0. The van der Waals surface area contributed by atoms with Crippen LogP contribution in [0.25, 0.3) is 0 Å². The van der Waals surface area contributed by atoms with Crippen molar-refractivity contribution in [2.45, 2.75) is 11.8 Å². The average molecular weight is 477 g/mol. The second-order valence-corrected chi connectivity index (χ2v) is 7.42. The summed E-state index contributed by atoms with van der Waals surface area (Å²) >= 11 is 11.1. The molecular formula is C16H13Br3O2. The highest BCUT2D eigenvalue weighted by atomic mass is 79.9. The van der Waals surface area contributed by atoms with E-state index in [1.54, 1.807) is 0 Å². The van der Waals surface area contributed by atoms with E-state index in [2.05, 4.69) is 72.9 Å². The largest absolute Gasteiger partial charge is 0.486 e. The molecule has 0 spiro atoms. The van der Waals surface area contributed by atoms with Crippen molar-refractivity contribution in [2.75, 3.05) is 13.2 Å². The molecule has 2 aromatic carbocycles. The van der Waals surface area contributed by atoms with E-state index in [0.29, 0.717) is 13.2 Å². The highest BCUT2D eigenvalue weighted by molar-refractivity contribution is 9.11. The molecule has 0 aliphatic carbocycles. The molecule has 2 aromatic rings. The van der Waals surface area contributed by atoms with Crippen molar-refractivity contribution in [1.29, 1.82) is 0 Å². The van der Waals surface area contributed by atoms with E-state index >= 15 is 0 Å². The second kappa shape index (κ2) is 6.31. The lowest BCUT2D eigenvalue weighted by Gasteiger charge is -2.22. The summed E-state index contributed by atoms with van der Waals surface area (Å²) in [6.45, 7) is 3.28. The molecule has 0 radical (unpaired) electrons. The van der Waals surface area contributed by atoms with Crippen LogP contribution < -0.4 is 9.47 Å². The molecule has 0 saturated heterocycles. The molecule has 1 aliphatic rings. The van der Waals surface area contributed by atoms with Gasteiger partial charge < -0.3 is 9.47 Å². The van der Waals surface area contributed by atoms with Crippen LogP contribution in [0.1, 0.15) is 21.5 Å². The molecule has 2 nitrogen and oxygen atoms in total. The fourth-order valence-electron chi connectivity index (χ4n) is 2.31. The molecule has 0 fully saturated rings. The highest BCUT2D eigenvalue weighted by Gasteiger charge is 2.21. The van der Waals surface area contributed by atoms with Crippen molar-refractivity contribution in [3.63, 3.8) is 0 Å². The van der Waals surface area contributed by atoms with Gasteiger partial charge in [0.05, 0.1) is 4.83 Å². The number of fused-ring (bicyclic) bond motifs is 1. The topological polar surface area (TPSA) is 18.5 Å². The first-order valence-electron chi connectivity index (χ1n) is 6.56. The van der Waals surface area contributed by atoms with Crippen LogP contribution in [0.15, 0.2) is 39.3 Å². The molecule has 0 aromatic heterocycles. The van der Waals surface area contributed by atoms with E-state index in [4.69, 9.17) is 9.47 Å². The summed E-state index contributed by atoms with van der Waals surface area (Å²) in [5.74, 6) is 1.59. The van der Waals surface area contributed by atoms with E-state index in [1.165, 1.54) is 11.1 Å². The van der Waals surface area contributed by atoms with Crippen molar-refractivity contribution in [1.82, 2.24) is 0 Å². The van der Waals surface area contributed by atoms with E-state index in [-0.39, 0.29) is 4.83 Å². The fourth-order valence-corrected chi connectivity index (χ4v) is 4.73. The molecule has 0 amide bonds. The summed E-state index contributed by atoms with van der Waals surface area (Å²) in [5, 5.41) is 0. The number of benzene rings is 2. The first kappa shape index (κ1) is 15.4. The van der Waals surface area contributed by atoms with Gasteiger partial charge in [-0.3, -0.25) is 0 Å². The highest BCUT2D eigenvalue weighted by Crippen LogP contribution is 2.44. The number of halogens is 3. The van der Waals surface area contributed by atoms with E-state index in [9.17, 15) is 0 Å². The maximum atomic E-state index is 5.68. The van der Waals surface area contributed by atoms with Gasteiger partial charge in [0, 0.05) is 8.95 Å². The van der Waals surface area contributed by atoms with Gasteiger partial charge >= 0.3 is 0 Å². The van der Waals surface area contributed by atoms with Gasteiger partial charge in [-0.25, -0.2) is 0 Å². The van der Waals surface area contributed by atoms with Crippen LogP contribution in [0.5, 0.6) is 11.5 Å². The third-order valence-electron chi connectivity index (χ3n) is 3.43. The maximum absolute atomic E-state index is 5.68. The summed E-state index contributed by atoms with van der Waals surface area (Å²) in [4.78, 5) is 0.0666. The monoisotopic (exact) mass is 474 g/mol. The summed E-state index contributed by atoms with van der Waals surface area (Å²) in [7, 11) is 0. The number of alkyl halides is 1. The Kier molecular flexibility index (Phi) is 4.62. The lowest BCUT2D eigenvalue weighted by molar-refractivity contribution is 0.171. The number of aryl methyl sites for hydroxylation is 1. The minimum Gasteiger partial charge on any atom is -0.486 e. The number of hydrogen-bond acceptors (Lipinski definition) is 2. The predicted molar refractivity (Wildman–Crippen MR) is 94.8 cm³/mol. The Morgan fingerprint density at radius 3 is 2.38 bits per heavy atom. The molecule has 1 atom stereocenters. The molecule has 0 saturated carbocycles. The lowest BCUT2D eigenvalue weighted by atomic mass is 10.0. The van der Waals surface area contributed by atoms with E-state index in [1.807, 2.05) is 12.1 Å². The Bertz CT molecular complexity index is 685. The third kappa shape index (κ3) is 3.01. The summed E-state index contributed by atoms with van der Waals surface area (Å²) in [5.41, 5.74) is 3.52. The lowest BCUT2D eigenvalue weighted by Crippen LogP contribution is -2.15. The molecule has 0 bridgehead atoms. The minimum absolute atomic E-state index is 0.0666. The first-order chi connectivity index (χ1) is 10.1. The van der Waals surface area contributed by atoms with Crippen LogP contribution in [-0.4, -0.2) is 13.2 Å². The Morgan fingerprint density at radius 2 is 1.67 bits per heavy atom. The fraction of sp³-hybridized carbons (Fsp3) is 0.250. The number of ether oxygens (including phenoxy) is 2. The van der Waals surface area contributed by atoms with Crippen molar-refractivity contribution in [3.05, 3.63) is 56.0 Å². The minimum atomic E-state index is 0.0666. The molecule has 1 aliphatic heterocycles. The van der Waals surface area contributed by atoms with Gasteiger partial charge in [-0.15, -0.1) is 0 Å². The zero-order chi connectivity index (χ0) is 15.0. The molecule has 110 valence electrons. The van der Waals surface area contributed by atoms with Crippen molar-refractivity contribution in [3.8, 4) is 11.5 Å². The van der Waals surface area contributed by atoms with E-state index in [0.717, 1.165) is 26.0 Å². The zero-order valence-electron chi connectivity index (χ0n) is 11.3. The molecule has 3 rings (SSSR count). The van der Waals surface area contributed by atoms with Crippen LogP contribution >= 0.6 is 47.8 Å². The van der Waals surface area contributed by atoms with Gasteiger partial charge in [0.15, 0.2) is 11.5 Å². The van der Waals surface area contributed by atoms with Crippen LogP contribution in [0.3, 0.4) is 0 Å². The Hall–Kier alpha value is -0.520. The number of hydrogen-bond donors (Lipinski definition) is 0. The molecule has 21 heavy (non-hydrogen) atoms. The Balaban J connectivity index is 2.05. The van der Waals surface area contributed by atoms with E-state index < -0.39 is 0 Å². The quantitative estimate of drug-likeness (QED) is 0.512. The zero-order valence-corrected chi connectivity index (χ0v) is 16.1. The molecule has 1 unspecified atom stereocenters. The standard InChI is InChI=1S/C16H13Br3O2/c1-9-3-2-4-10(15(9)18)16(19)11-7-13-14(8-12(11)17)21-6-5-20-13/h2-4,7-8,16H,5-6H2,1H3. The van der Waals surface area contributed by atoms with Gasteiger partial charge in [0.2, 0.25) is 0 Å². The predicted octanol–water partition coefficient (Wildman–Crippen LogP) is 5.78. The van der Waals surface area contributed by atoms with Crippen LogP contribution in [0, 0.1) is 6.92 Å². The van der Waals surface area contributed by atoms with Gasteiger partial charge in [0.1, 0.15) is 13.2 Å². The second-order valence-electron chi connectivity index (χ2n) is 4.86. The summed E-state index contributed by atoms with van der Waals surface area (Å²) in [6, 6.07) is 10.3. The molecular weight excluding hydrogens is 464 g/mol.